The average molecular weight is 294 g/mol. The van der Waals surface area contributed by atoms with Crippen LogP contribution in [-0.4, -0.2) is 11.8 Å². The Labute approximate surface area is 124 Å². The Morgan fingerprint density at radius 3 is 2.70 bits per heavy atom. The van der Waals surface area contributed by atoms with E-state index >= 15 is 0 Å². The molecule has 0 spiro atoms. The lowest BCUT2D eigenvalue weighted by Gasteiger charge is -2.34. The van der Waals surface area contributed by atoms with Crippen LogP contribution in [0.2, 0.25) is 5.02 Å². The molecule has 0 saturated carbocycles. The smallest absolute Gasteiger partial charge is 0.234 e. The molecule has 0 bridgehead atoms. The van der Waals surface area contributed by atoms with Crippen molar-refractivity contribution in [1.82, 2.24) is 5.32 Å². The third-order valence-corrected chi connectivity index (χ3v) is 4.45. The molecule has 20 heavy (non-hydrogen) atoms. The third kappa shape index (κ3) is 3.04. The molecule has 2 amide bonds. The molecular weight excluding hydrogens is 274 g/mol. The molecule has 3 nitrogen and oxygen atoms in total. The van der Waals surface area contributed by atoms with Crippen molar-refractivity contribution in [2.75, 3.05) is 0 Å². The number of imide groups is 1. The fraction of sp³-hybridized carbons (Fsp3) is 0.500. The summed E-state index contributed by atoms with van der Waals surface area (Å²) in [5, 5.41) is 3.04. The number of rotatable bonds is 4. The number of carbonyl (C=O) groups is 2. The molecule has 1 saturated heterocycles. The lowest BCUT2D eigenvalue weighted by atomic mass is 9.73. The number of halogens is 1. The highest BCUT2D eigenvalue weighted by Crippen LogP contribution is 2.39. The molecule has 108 valence electrons. The SMILES string of the molecule is CCCC(C)C1CC(=O)NC(=O)C1c1ccccc1Cl. The van der Waals surface area contributed by atoms with Crippen molar-refractivity contribution in [1.29, 1.82) is 0 Å². The predicted molar refractivity (Wildman–Crippen MR) is 79.5 cm³/mol. The summed E-state index contributed by atoms with van der Waals surface area (Å²) in [5.41, 5.74) is 0.826. The van der Waals surface area contributed by atoms with Crippen molar-refractivity contribution < 1.29 is 9.59 Å². The Hall–Kier alpha value is -1.35. The van der Waals surface area contributed by atoms with Gasteiger partial charge in [0, 0.05) is 11.4 Å². The summed E-state index contributed by atoms with van der Waals surface area (Å²) in [7, 11) is 0. The minimum Gasteiger partial charge on any atom is -0.296 e. The standard InChI is InChI=1S/C16H20ClNO2/c1-3-6-10(2)12-9-14(19)18-16(20)15(12)11-7-4-5-8-13(11)17/h4-5,7-8,10,12,15H,3,6,9H2,1-2H3,(H,18,19,20). The second-order valence-electron chi connectivity index (χ2n) is 5.55. The molecular formula is C16H20ClNO2. The fourth-order valence-corrected chi connectivity index (χ4v) is 3.34. The number of hydrogen-bond acceptors (Lipinski definition) is 2. The van der Waals surface area contributed by atoms with Crippen LogP contribution < -0.4 is 5.32 Å². The lowest BCUT2D eigenvalue weighted by Crippen LogP contribution is -2.46. The number of amides is 2. The largest absolute Gasteiger partial charge is 0.296 e. The van der Waals surface area contributed by atoms with Gasteiger partial charge in [-0.2, -0.15) is 0 Å². The zero-order valence-corrected chi connectivity index (χ0v) is 12.6. The van der Waals surface area contributed by atoms with Gasteiger partial charge in [-0.3, -0.25) is 14.9 Å². The summed E-state index contributed by atoms with van der Waals surface area (Å²) in [5.74, 6) is -0.385. The molecule has 0 radical (unpaired) electrons. The van der Waals surface area contributed by atoms with Crippen LogP contribution in [0.25, 0.3) is 0 Å². The molecule has 2 rings (SSSR count). The van der Waals surface area contributed by atoms with Crippen LogP contribution in [0.5, 0.6) is 0 Å². The molecule has 0 aromatic heterocycles. The molecule has 0 aliphatic carbocycles. The van der Waals surface area contributed by atoms with Gasteiger partial charge in [-0.05, 0) is 23.5 Å². The number of benzene rings is 1. The highest BCUT2D eigenvalue weighted by molar-refractivity contribution is 6.31. The number of hydrogen-bond donors (Lipinski definition) is 1. The van der Waals surface area contributed by atoms with Gasteiger partial charge < -0.3 is 0 Å². The van der Waals surface area contributed by atoms with E-state index < -0.39 is 0 Å². The number of piperidine rings is 1. The Morgan fingerprint density at radius 1 is 1.35 bits per heavy atom. The second kappa shape index (κ2) is 6.40. The van der Waals surface area contributed by atoms with Gasteiger partial charge in [-0.25, -0.2) is 0 Å². The van der Waals surface area contributed by atoms with Crippen molar-refractivity contribution >= 4 is 23.4 Å². The van der Waals surface area contributed by atoms with Gasteiger partial charge >= 0.3 is 0 Å². The van der Waals surface area contributed by atoms with E-state index in [1.165, 1.54) is 0 Å². The molecule has 3 unspecified atom stereocenters. The maximum Gasteiger partial charge on any atom is 0.234 e. The van der Waals surface area contributed by atoms with Gasteiger partial charge in [-0.15, -0.1) is 0 Å². The maximum absolute atomic E-state index is 12.3. The van der Waals surface area contributed by atoms with E-state index in [2.05, 4.69) is 19.2 Å². The van der Waals surface area contributed by atoms with Crippen molar-refractivity contribution in [3.05, 3.63) is 34.9 Å². The van der Waals surface area contributed by atoms with Crippen LogP contribution in [0.1, 0.15) is 44.6 Å². The van der Waals surface area contributed by atoms with E-state index in [-0.39, 0.29) is 23.7 Å². The summed E-state index contributed by atoms with van der Waals surface area (Å²) in [6.45, 7) is 4.23. The van der Waals surface area contributed by atoms with E-state index in [4.69, 9.17) is 11.6 Å². The van der Waals surface area contributed by atoms with Gasteiger partial charge in [0.15, 0.2) is 0 Å². The first-order valence-electron chi connectivity index (χ1n) is 7.12. The van der Waals surface area contributed by atoms with Crippen molar-refractivity contribution in [2.24, 2.45) is 11.8 Å². The van der Waals surface area contributed by atoms with Crippen LogP contribution in [0, 0.1) is 11.8 Å². The van der Waals surface area contributed by atoms with Crippen molar-refractivity contribution in [3.8, 4) is 0 Å². The first kappa shape index (κ1) is 15.0. The molecule has 1 heterocycles. The molecule has 1 N–H and O–H groups in total. The normalized spacial score (nSPS) is 24.4. The minimum absolute atomic E-state index is 0.0242. The topological polar surface area (TPSA) is 46.2 Å². The summed E-state index contributed by atoms with van der Waals surface area (Å²) < 4.78 is 0. The molecule has 3 atom stereocenters. The van der Waals surface area contributed by atoms with Crippen LogP contribution >= 0.6 is 11.6 Å². The third-order valence-electron chi connectivity index (χ3n) is 4.11. The summed E-state index contributed by atoms with van der Waals surface area (Å²) in [6.07, 6.45) is 2.44. The fourth-order valence-electron chi connectivity index (χ4n) is 3.09. The molecule has 1 aliphatic rings. The van der Waals surface area contributed by atoms with E-state index in [0.29, 0.717) is 17.4 Å². The lowest BCUT2D eigenvalue weighted by molar-refractivity contribution is -0.137. The van der Waals surface area contributed by atoms with Crippen molar-refractivity contribution in [3.63, 3.8) is 0 Å². The van der Waals surface area contributed by atoms with E-state index in [0.717, 1.165) is 18.4 Å². The van der Waals surface area contributed by atoms with E-state index in [1.807, 2.05) is 18.2 Å². The Bertz CT molecular complexity index is 515. The number of carbonyl (C=O) groups excluding carboxylic acids is 2. The Balaban J connectivity index is 2.37. The molecule has 1 aromatic rings. The van der Waals surface area contributed by atoms with Gasteiger partial charge in [0.05, 0.1) is 5.92 Å². The Kier molecular flexibility index (Phi) is 4.81. The summed E-state index contributed by atoms with van der Waals surface area (Å²) in [6, 6.07) is 7.41. The highest BCUT2D eigenvalue weighted by atomic mass is 35.5. The zero-order chi connectivity index (χ0) is 14.7. The van der Waals surface area contributed by atoms with Gasteiger partial charge in [0.1, 0.15) is 0 Å². The van der Waals surface area contributed by atoms with Gasteiger partial charge in [0.2, 0.25) is 11.8 Å². The Morgan fingerprint density at radius 2 is 2.05 bits per heavy atom. The predicted octanol–water partition coefficient (Wildman–Crippen LogP) is 3.52. The monoisotopic (exact) mass is 293 g/mol. The minimum atomic E-state index is -0.331. The molecule has 1 aliphatic heterocycles. The summed E-state index contributed by atoms with van der Waals surface area (Å²) >= 11 is 6.24. The highest BCUT2D eigenvalue weighted by Gasteiger charge is 2.40. The second-order valence-corrected chi connectivity index (χ2v) is 5.95. The number of nitrogens with one attached hydrogen (secondary N) is 1. The van der Waals surface area contributed by atoms with Crippen molar-refractivity contribution in [2.45, 2.75) is 39.0 Å². The van der Waals surface area contributed by atoms with Crippen LogP contribution in [0.3, 0.4) is 0 Å². The first-order valence-corrected chi connectivity index (χ1v) is 7.50. The first-order chi connectivity index (χ1) is 9.54. The van der Waals surface area contributed by atoms with Crippen LogP contribution in [-0.2, 0) is 9.59 Å². The van der Waals surface area contributed by atoms with E-state index in [1.54, 1.807) is 6.07 Å². The van der Waals surface area contributed by atoms with Gasteiger partial charge in [-0.1, -0.05) is 56.5 Å². The molecule has 1 aromatic carbocycles. The summed E-state index contributed by atoms with van der Waals surface area (Å²) in [4.78, 5) is 24.0. The van der Waals surface area contributed by atoms with E-state index in [9.17, 15) is 9.59 Å². The maximum atomic E-state index is 12.3. The average Bonchev–Trinajstić information content (AvgIpc) is 2.39. The zero-order valence-electron chi connectivity index (χ0n) is 11.9. The molecule has 4 heteroatoms. The quantitative estimate of drug-likeness (QED) is 0.863. The van der Waals surface area contributed by atoms with Crippen LogP contribution in [0.15, 0.2) is 24.3 Å². The van der Waals surface area contributed by atoms with Gasteiger partial charge in [0.25, 0.3) is 0 Å². The van der Waals surface area contributed by atoms with Crippen LogP contribution in [0.4, 0.5) is 0 Å². The molecule has 1 fully saturated rings.